The van der Waals surface area contributed by atoms with Crippen LogP contribution >= 0.6 is 23.7 Å². The number of likely N-dealkylation sites (tertiary alicyclic amines) is 1. The number of benzene rings is 2. The van der Waals surface area contributed by atoms with E-state index in [2.05, 4.69) is 38.4 Å². The van der Waals surface area contributed by atoms with E-state index in [-0.39, 0.29) is 37.1 Å². The Morgan fingerprint density at radius 1 is 0.952 bits per heavy atom. The third-order valence-corrected chi connectivity index (χ3v) is 9.08. The summed E-state index contributed by atoms with van der Waals surface area (Å²) in [5.41, 5.74) is 1.71. The van der Waals surface area contributed by atoms with Crippen LogP contribution in [0.1, 0.15) is 49.8 Å². The molecule has 2 saturated heterocycles. The van der Waals surface area contributed by atoms with Crippen LogP contribution in [0.5, 0.6) is 0 Å². The van der Waals surface area contributed by atoms with Gasteiger partial charge in [0.25, 0.3) is 0 Å². The summed E-state index contributed by atoms with van der Waals surface area (Å²) in [5.74, 6) is 0.655. The predicted octanol–water partition coefficient (Wildman–Crippen LogP) is 4.39. The number of carbonyl (C=O) groups excluding carboxylic acids is 2. The monoisotopic (exact) mass is 612 g/mol. The Morgan fingerprint density at radius 3 is 2.50 bits per heavy atom. The van der Waals surface area contributed by atoms with Crippen LogP contribution in [0.15, 0.2) is 47.8 Å². The van der Waals surface area contributed by atoms with Crippen molar-refractivity contribution in [2.24, 2.45) is 5.92 Å². The van der Waals surface area contributed by atoms with Crippen LogP contribution < -0.4 is 21.3 Å². The summed E-state index contributed by atoms with van der Waals surface area (Å²) in [4.78, 5) is 32.1. The first-order chi connectivity index (χ1) is 20.1. The Morgan fingerprint density at radius 2 is 1.71 bits per heavy atom. The molecular formula is C32H45ClN6O2S. The normalized spacial score (nSPS) is 17.3. The van der Waals surface area contributed by atoms with Gasteiger partial charge < -0.3 is 26.2 Å². The molecular weight excluding hydrogens is 568 g/mol. The Balaban J connectivity index is 0.00000405. The van der Waals surface area contributed by atoms with Crippen LogP contribution in [0.4, 0.5) is 5.13 Å². The lowest BCUT2D eigenvalue weighted by Crippen LogP contribution is -2.41. The maximum absolute atomic E-state index is 12.9. The Kier molecular flexibility index (Phi) is 13.0. The number of nitrogens with one attached hydrogen (secondary N) is 4. The number of rotatable bonds is 14. The lowest BCUT2D eigenvalue weighted by molar-refractivity contribution is -0.131. The number of anilines is 1. The molecule has 2 aliphatic heterocycles. The van der Waals surface area contributed by atoms with Gasteiger partial charge in [-0.05, 0) is 87.0 Å². The summed E-state index contributed by atoms with van der Waals surface area (Å²) in [6, 6.07) is 14.8. The second kappa shape index (κ2) is 16.9. The van der Waals surface area contributed by atoms with E-state index in [9.17, 15) is 9.59 Å². The average molecular weight is 613 g/mol. The zero-order valence-corrected chi connectivity index (χ0v) is 26.0. The number of unbranched alkanes of at least 4 members (excludes halogenated alkanes) is 1. The Labute approximate surface area is 259 Å². The van der Waals surface area contributed by atoms with Gasteiger partial charge in [0.1, 0.15) is 0 Å². The number of nitrogens with zero attached hydrogens (tertiary/aromatic N) is 2. The van der Waals surface area contributed by atoms with E-state index < -0.39 is 0 Å². The van der Waals surface area contributed by atoms with Gasteiger partial charge >= 0.3 is 0 Å². The summed E-state index contributed by atoms with van der Waals surface area (Å²) in [7, 11) is 0. The minimum absolute atomic E-state index is 0. The van der Waals surface area contributed by atoms with Crippen LogP contribution in [-0.2, 0) is 22.4 Å². The highest BCUT2D eigenvalue weighted by atomic mass is 35.5. The fourth-order valence-corrected chi connectivity index (χ4v) is 6.62. The lowest BCUT2D eigenvalue weighted by Gasteiger charge is -2.32. The van der Waals surface area contributed by atoms with Gasteiger partial charge in [-0.15, -0.1) is 23.7 Å². The van der Waals surface area contributed by atoms with Gasteiger partial charge in [0.15, 0.2) is 5.13 Å². The number of carbonyl (C=O) groups is 2. The molecule has 0 aliphatic carbocycles. The first-order valence-corrected chi connectivity index (χ1v) is 16.2. The van der Waals surface area contributed by atoms with Gasteiger partial charge in [-0.2, -0.15) is 0 Å². The van der Waals surface area contributed by atoms with Gasteiger partial charge in [0.05, 0.1) is 18.5 Å². The van der Waals surface area contributed by atoms with E-state index in [0.29, 0.717) is 17.1 Å². The van der Waals surface area contributed by atoms with Crippen LogP contribution in [0.25, 0.3) is 10.8 Å². The molecule has 0 unspecified atom stereocenters. The second-order valence-corrected chi connectivity index (χ2v) is 12.3. The minimum Gasteiger partial charge on any atom is -0.342 e. The van der Waals surface area contributed by atoms with Crippen molar-refractivity contribution in [3.05, 3.63) is 59.1 Å². The highest BCUT2D eigenvalue weighted by Gasteiger charge is 2.23. The van der Waals surface area contributed by atoms with Crippen LogP contribution in [0.3, 0.4) is 0 Å². The summed E-state index contributed by atoms with van der Waals surface area (Å²) in [6.07, 6.45) is 7.67. The number of halogens is 1. The standard InChI is InChI=1S/C32H44N6O2S.ClH/c39-30(19-26-9-5-8-25-7-1-2-11-29(25)26)37-32-36-28(23-41-32)20-31(40)38-17-12-24(13-18-38)21-33-14-3-4-15-34-22-27-10-6-16-35-27;/h1-2,5,7-9,11,23-24,27,33-35H,3-4,6,10,12-22H2,(H,36,37,39);1H/t27-;/m0./s1. The zero-order chi connectivity index (χ0) is 28.3. The van der Waals surface area contributed by atoms with Crippen molar-refractivity contribution in [1.29, 1.82) is 0 Å². The fourth-order valence-electron chi connectivity index (χ4n) is 5.90. The van der Waals surface area contributed by atoms with Crippen LogP contribution in [0.2, 0.25) is 0 Å². The van der Waals surface area contributed by atoms with E-state index in [4.69, 9.17) is 0 Å². The van der Waals surface area contributed by atoms with E-state index >= 15 is 0 Å². The number of amides is 2. The third kappa shape index (κ3) is 9.74. The number of piperidine rings is 1. The lowest BCUT2D eigenvalue weighted by atomic mass is 9.96. The Bertz CT molecular complexity index is 1270. The summed E-state index contributed by atoms with van der Waals surface area (Å²) < 4.78 is 0. The maximum atomic E-state index is 12.9. The molecule has 2 aliphatic rings. The molecule has 0 saturated carbocycles. The maximum Gasteiger partial charge on any atom is 0.230 e. The minimum atomic E-state index is -0.0993. The van der Waals surface area contributed by atoms with Gasteiger partial charge in [0, 0.05) is 31.1 Å². The SMILES string of the molecule is Cl.O=C(Cc1cccc2ccccc12)Nc1nc(CC(=O)N2CCC(CNCCCCNC[C@@H]3CCCN3)CC2)cs1. The van der Waals surface area contributed by atoms with Crippen molar-refractivity contribution < 1.29 is 9.59 Å². The van der Waals surface area contributed by atoms with E-state index in [1.807, 2.05) is 40.6 Å². The van der Waals surface area contributed by atoms with Crippen molar-refractivity contribution in [3.63, 3.8) is 0 Å². The number of thiazole rings is 1. The fraction of sp³-hybridized carbons (Fsp3) is 0.531. The molecule has 1 atom stereocenters. The van der Waals surface area contributed by atoms with Gasteiger partial charge in [-0.25, -0.2) is 4.98 Å². The van der Waals surface area contributed by atoms with E-state index in [0.717, 1.165) is 74.1 Å². The molecule has 0 spiro atoms. The second-order valence-electron chi connectivity index (χ2n) is 11.4. The molecule has 5 rings (SSSR count). The highest BCUT2D eigenvalue weighted by molar-refractivity contribution is 7.13. The molecule has 10 heteroatoms. The molecule has 2 aromatic carbocycles. The smallest absolute Gasteiger partial charge is 0.230 e. The number of aromatic nitrogens is 1. The molecule has 228 valence electrons. The van der Waals surface area contributed by atoms with E-state index in [1.165, 1.54) is 43.6 Å². The molecule has 0 radical (unpaired) electrons. The molecule has 1 aromatic heterocycles. The molecule has 3 heterocycles. The average Bonchev–Trinajstić information content (AvgIpc) is 3.67. The molecule has 4 N–H and O–H groups in total. The third-order valence-electron chi connectivity index (χ3n) is 8.27. The molecule has 42 heavy (non-hydrogen) atoms. The first kappa shape index (κ1) is 32.4. The number of hydrogen-bond donors (Lipinski definition) is 4. The van der Waals surface area contributed by atoms with Crippen LogP contribution in [-0.4, -0.2) is 73.6 Å². The highest BCUT2D eigenvalue weighted by Crippen LogP contribution is 2.22. The zero-order valence-electron chi connectivity index (χ0n) is 24.4. The van der Waals surface area contributed by atoms with Crippen LogP contribution in [0, 0.1) is 5.92 Å². The number of hydrogen-bond acceptors (Lipinski definition) is 7. The van der Waals surface area contributed by atoms with Crippen molar-refractivity contribution in [2.75, 3.05) is 51.1 Å². The quantitative estimate of drug-likeness (QED) is 0.202. The Hall–Kier alpha value is -2.56. The topological polar surface area (TPSA) is 98.4 Å². The number of fused-ring (bicyclic) bond motifs is 1. The van der Waals surface area contributed by atoms with Crippen molar-refractivity contribution >= 4 is 51.5 Å². The first-order valence-electron chi connectivity index (χ1n) is 15.3. The largest absolute Gasteiger partial charge is 0.342 e. The van der Waals surface area contributed by atoms with Gasteiger partial charge in [0.2, 0.25) is 11.8 Å². The summed E-state index contributed by atoms with van der Waals surface area (Å²) in [5, 5.41) is 18.3. The molecule has 2 amide bonds. The molecule has 3 aromatic rings. The summed E-state index contributed by atoms with van der Waals surface area (Å²) >= 11 is 1.38. The van der Waals surface area contributed by atoms with Crippen molar-refractivity contribution in [1.82, 2.24) is 25.8 Å². The van der Waals surface area contributed by atoms with E-state index in [1.54, 1.807) is 0 Å². The molecule has 8 nitrogen and oxygen atoms in total. The molecule has 2 fully saturated rings. The molecule has 0 bridgehead atoms. The predicted molar refractivity (Wildman–Crippen MR) is 175 cm³/mol. The van der Waals surface area contributed by atoms with Crippen molar-refractivity contribution in [2.45, 2.75) is 57.4 Å². The summed E-state index contributed by atoms with van der Waals surface area (Å²) in [6.45, 7) is 7.08. The van der Waals surface area contributed by atoms with Crippen molar-refractivity contribution in [3.8, 4) is 0 Å². The van der Waals surface area contributed by atoms with Gasteiger partial charge in [-0.3, -0.25) is 9.59 Å². The van der Waals surface area contributed by atoms with Gasteiger partial charge in [-0.1, -0.05) is 42.5 Å².